The van der Waals surface area contributed by atoms with E-state index in [0.717, 1.165) is 68.7 Å². The molecule has 5 N–H and O–H groups in total. The van der Waals surface area contributed by atoms with Gasteiger partial charge in [0.15, 0.2) is 0 Å². The van der Waals surface area contributed by atoms with Gasteiger partial charge >= 0.3 is 11.9 Å². The molecule has 9 heteroatoms. The topological polar surface area (TPSA) is 118 Å². The highest BCUT2D eigenvalue weighted by Crippen LogP contribution is 2.29. The Balaban J connectivity index is 1.67. The third-order valence-electron chi connectivity index (χ3n) is 8.42. The summed E-state index contributed by atoms with van der Waals surface area (Å²) in [6, 6.07) is 5.81. The average molecular weight is 547 g/mol. The minimum Gasteiger partial charge on any atom is -0.458 e. The Hall–Kier alpha value is -2.49. The third kappa shape index (κ3) is 9.29. The van der Waals surface area contributed by atoms with Crippen molar-refractivity contribution in [1.82, 2.24) is 4.90 Å². The van der Waals surface area contributed by atoms with Crippen LogP contribution in [0.15, 0.2) is 18.2 Å². The monoisotopic (exact) mass is 546 g/mol. The van der Waals surface area contributed by atoms with Gasteiger partial charge in [-0.1, -0.05) is 18.2 Å². The van der Waals surface area contributed by atoms with E-state index in [0.29, 0.717) is 0 Å². The Bertz CT molecular complexity index is 931. The number of piperidine rings is 2. The van der Waals surface area contributed by atoms with Crippen molar-refractivity contribution < 1.29 is 34.5 Å². The van der Waals surface area contributed by atoms with Crippen LogP contribution in [0, 0.1) is 25.7 Å². The second-order valence-corrected chi connectivity index (χ2v) is 12.4. The van der Waals surface area contributed by atoms with Crippen LogP contribution in [0.1, 0.15) is 64.5 Å². The van der Waals surface area contributed by atoms with Crippen molar-refractivity contribution in [3.05, 3.63) is 29.3 Å². The average Bonchev–Trinajstić information content (AvgIpc) is 2.86. The maximum Gasteiger partial charge on any atom is 0.320 e. The summed E-state index contributed by atoms with van der Waals surface area (Å²) in [4.78, 5) is 40.9. The van der Waals surface area contributed by atoms with Crippen LogP contribution in [0.5, 0.6) is 0 Å². The highest BCUT2D eigenvalue weighted by atomic mass is 16.6. The van der Waals surface area contributed by atoms with E-state index in [1.165, 1.54) is 4.90 Å². The van der Waals surface area contributed by atoms with Gasteiger partial charge in [-0.3, -0.25) is 19.3 Å². The van der Waals surface area contributed by atoms with Crippen LogP contribution in [0.3, 0.4) is 0 Å². The number of rotatable bonds is 11. The van der Waals surface area contributed by atoms with Gasteiger partial charge in [-0.25, -0.2) is 0 Å². The standard InChI is InChI=1S/C30H48N4O5/c1-21-8-7-9-22(2)28(21)33-25(35)18-34(19-26(36)38-29(3,4)23-10-14-31-15-11-23)20-27(37)39-30(5,6)24-12-16-32-17-13-24/h7-9,23-24,31-32H,10-20H2,1-6H3,(H,33,35)/p+2. The van der Waals surface area contributed by atoms with E-state index >= 15 is 0 Å². The number of amides is 1. The van der Waals surface area contributed by atoms with E-state index in [2.05, 4.69) is 16.0 Å². The predicted octanol–water partition coefficient (Wildman–Crippen LogP) is 1.13. The molecule has 0 radical (unpaired) electrons. The van der Waals surface area contributed by atoms with Gasteiger partial charge in [0.25, 0.3) is 0 Å². The number of anilines is 1. The Morgan fingerprint density at radius 3 is 1.62 bits per heavy atom. The fourth-order valence-electron chi connectivity index (χ4n) is 5.99. The fourth-order valence-corrected chi connectivity index (χ4v) is 5.99. The van der Waals surface area contributed by atoms with Crippen LogP contribution < -0.4 is 16.0 Å². The molecule has 2 saturated heterocycles. The maximum atomic E-state index is 13.1. The van der Waals surface area contributed by atoms with E-state index in [1.807, 2.05) is 59.7 Å². The van der Waals surface area contributed by atoms with Crippen LogP contribution >= 0.6 is 0 Å². The molecule has 0 aromatic heterocycles. The van der Waals surface area contributed by atoms with Crippen molar-refractivity contribution >= 4 is 23.5 Å². The Morgan fingerprint density at radius 2 is 1.21 bits per heavy atom. The number of esters is 2. The summed E-state index contributed by atoms with van der Waals surface area (Å²) in [5.74, 6) is -0.609. The van der Waals surface area contributed by atoms with Gasteiger partial charge in [0.05, 0.1) is 45.8 Å². The molecule has 1 amide bonds. The molecule has 0 unspecified atom stereocenters. The van der Waals surface area contributed by atoms with E-state index in [1.54, 1.807) is 0 Å². The smallest absolute Gasteiger partial charge is 0.320 e. The van der Waals surface area contributed by atoms with Crippen molar-refractivity contribution in [1.29, 1.82) is 0 Å². The molecule has 2 aliphatic rings. The Kier molecular flexibility index (Phi) is 10.9. The minimum absolute atomic E-state index is 0.129. The zero-order chi connectivity index (χ0) is 28.6. The lowest BCUT2D eigenvalue weighted by molar-refractivity contribution is -0.666. The largest absolute Gasteiger partial charge is 0.458 e. The molecule has 0 saturated carbocycles. The highest BCUT2D eigenvalue weighted by molar-refractivity contribution is 5.94. The predicted molar refractivity (Wildman–Crippen MR) is 150 cm³/mol. The first-order chi connectivity index (χ1) is 18.4. The van der Waals surface area contributed by atoms with Gasteiger partial charge in [0, 0.05) is 43.2 Å². The molecule has 1 aromatic carbocycles. The summed E-state index contributed by atoms with van der Waals surface area (Å²) in [5.41, 5.74) is 1.42. The first-order valence-electron chi connectivity index (χ1n) is 14.5. The Morgan fingerprint density at radius 1 is 0.795 bits per heavy atom. The lowest BCUT2D eigenvalue weighted by Crippen LogP contribution is -2.86. The van der Waals surface area contributed by atoms with Gasteiger partial charge in [0.1, 0.15) is 11.2 Å². The molecule has 39 heavy (non-hydrogen) atoms. The lowest BCUT2D eigenvalue weighted by atomic mass is 9.83. The van der Waals surface area contributed by atoms with Crippen LogP contribution in [-0.2, 0) is 23.9 Å². The molecule has 2 fully saturated rings. The number of carbonyl (C=O) groups excluding carboxylic acids is 3. The number of nitrogens with two attached hydrogens (primary N) is 2. The molecular weight excluding hydrogens is 496 g/mol. The SMILES string of the molecule is Cc1cccc(C)c1NC(=O)CN(CC(=O)OC(C)(C)C1CC[NH2+]CC1)CC(=O)OC(C)(C)C1CC[NH2+]CC1. The fraction of sp³-hybridized carbons (Fsp3) is 0.700. The summed E-state index contributed by atoms with van der Waals surface area (Å²) in [6.45, 7) is 15.3. The van der Waals surface area contributed by atoms with Gasteiger partial charge < -0.3 is 25.4 Å². The molecule has 218 valence electrons. The van der Waals surface area contributed by atoms with E-state index in [4.69, 9.17) is 9.47 Å². The normalized spacial score (nSPS) is 17.6. The zero-order valence-electron chi connectivity index (χ0n) is 24.8. The summed E-state index contributed by atoms with van der Waals surface area (Å²) in [5, 5.41) is 7.53. The lowest BCUT2D eigenvalue weighted by Gasteiger charge is -2.37. The van der Waals surface area contributed by atoms with Crippen LogP contribution in [-0.4, -0.2) is 79.8 Å². The van der Waals surface area contributed by atoms with E-state index < -0.39 is 23.1 Å². The molecule has 9 nitrogen and oxygen atoms in total. The van der Waals surface area contributed by atoms with E-state index in [-0.39, 0.29) is 37.4 Å². The molecule has 0 bridgehead atoms. The molecule has 3 rings (SSSR count). The van der Waals surface area contributed by atoms with Crippen molar-refractivity contribution in [3.63, 3.8) is 0 Å². The number of ether oxygens (including phenoxy) is 2. The van der Waals surface area contributed by atoms with Gasteiger partial charge in [-0.15, -0.1) is 0 Å². The summed E-state index contributed by atoms with van der Waals surface area (Å²) in [7, 11) is 0. The van der Waals surface area contributed by atoms with Crippen LogP contribution in [0.4, 0.5) is 5.69 Å². The quantitative estimate of drug-likeness (QED) is 0.358. The first kappa shape index (κ1) is 31.0. The summed E-state index contributed by atoms with van der Waals surface area (Å²) >= 11 is 0. The Labute approximate surface area is 233 Å². The molecule has 2 aliphatic heterocycles. The van der Waals surface area contributed by atoms with Gasteiger partial charge in [-0.2, -0.15) is 0 Å². The molecule has 0 atom stereocenters. The number of aryl methyl sites for hydroxylation is 2. The number of hydrogen-bond acceptors (Lipinski definition) is 6. The number of carbonyl (C=O) groups is 3. The van der Waals surface area contributed by atoms with Crippen LogP contribution in [0.25, 0.3) is 0 Å². The second-order valence-electron chi connectivity index (χ2n) is 12.4. The molecule has 0 aliphatic carbocycles. The number of para-hydroxylation sites is 1. The highest BCUT2D eigenvalue weighted by Gasteiger charge is 2.37. The zero-order valence-corrected chi connectivity index (χ0v) is 24.8. The number of quaternary nitrogens is 2. The number of benzene rings is 1. The van der Waals surface area contributed by atoms with Crippen LogP contribution in [0.2, 0.25) is 0 Å². The second kappa shape index (κ2) is 13.7. The molecule has 1 aromatic rings. The summed E-state index contributed by atoms with van der Waals surface area (Å²) in [6.07, 6.45) is 3.95. The number of nitrogens with one attached hydrogen (secondary N) is 1. The van der Waals surface area contributed by atoms with Gasteiger partial charge in [-0.05, 0) is 52.7 Å². The first-order valence-corrected chi connectivity index (χ1v) is 14.5. The van der Waals surface area contributed by atoms with Crippen molar-refractivity contribution in [2.75, 3.05) is 51.1 Å². The molecular formula is C30H50N4O5+2. The van der Waals surface area contributed by atoms with E-state index in [9.17, 15) is 14.4 Å². The molecule has 0 spiro atoms. The number of hydrogen-bond donors (Lipinski definition) is 3. The van der Waals surface area contributed by atoms with Gasteiger partial charge in [0.2, 0.25) is 5.91 Å². The molecule has 2 heterocycles. The van der Waals surface area contributed by atoms with Crippen molar-refractivity contribution in [2.45, 2.75) is 78.4 Å². The van der Waals surface area contributed by atoms with Crippen molar-refractivity contribution in [2.24, 2.45) is 11.8 Å². The maximum absolute atomic E-state index is 13.1. The third-order valence-corrected chi connectivity index (χ3v) is 8.42. The number of nitrogens with zero attached hydrogens (tertiary/aromatic N) is 1. The minimum atomic E-state index is -0.613. The van der Waals surface area contributed by atoms with Crippen molar-refractivity contribution in [3.8, 4) is 0 Å². The summed E-state index contributed by atoms with van der Waals surface area (Å²) < 4.78 is 11.9.